The molecule has 0 unspecified atom stereocenters. The number of ketones is 1. The lowest BCUT2D eigenvalue weighted by Gasteiger charge is -2.03. The molecule has 0 atom stereocenters. The van der Waals surface area contributed by atoms with Gasteiger partial charge in [0.05, 0.1) is 0 Å². The molecule has 2 aliphatic rings. The minimum atomic E-state index is 0.00132. The zero-order valence-electron chi connectivity index (χ0n) is 14.1. The van der Waals surface area contributed by atoms with Gasteiger partial charge in [0, 0.05) is 5.56 Å². The molecule has 1 aliphatic heterocycles. The molecule has 0 aromatic heterocycles. The van der Waals surface area contributed by atoms with E-state index in [0.717, 1.165) is 23.5 Å². The second-order valence-corrected chi connectivity index (χ2v) is 6.52. The predicted molar refractivity (Wildman–Crippen MR) is 101 cm³/mol. The van der Waals surface area contributed by atoms with Crippen molar-refractivity contribution in [3.05, 3.63) is 89.0 Å². The molecule has 0 saturated heterocycles. The number of fused-ring (bicyclic) bond motifs is 4. The second-order valence-electron chi connectivity index (χ2n) is 6.52. The van der Waals surface area contributed by atoms with Crippen LogP contribution in [0.2, 0.25) is 0 Å². The molecule has 0 radical (unpaired) electrons. The van der Waals surface area contributed by atoms with E-state index in [4.69, 9.17) is 9.47 Å². The van der Waals surface area contributed by atoms with Crippen LogP contribution in [0.4, 0.5) is 0 Å². The number of carbonyl (C=O) groups is 1. The average Bonchev–Trinajstić information content (AvgIpc) is 3.29. The molecule has 3 nitrogen and oxygen atoms in total. The fourth-order valence-corrected chi connectivity index (χ4v) is 3.58. The van der Waals surface area contributed by atoms with E-state index in [2.05, 4.69) is 30.3 Å². The first kappa shape index (κ1) is 15.0. The Morgan fingerprint density at radius 1 is 0.846 bits per heavy atom. The first-order valence-corrected chi connectivity index (χ1v) is 8.61. The van der Waals surface area contributed by atoms with E-state index in [1.54, 1.807) is 6.08 Å². The summed E-state index contributed by atoms with van der Waals surface area (Å²) in [5, 5.41) is 0. The van der Waals surface area contributed by atoms with E-state index in [1.807, 2.05) is 36.4 Å². The fourth-order valence-electron chi connectivity index (χ4n) is 3.58. The van der Waals surface area contributed by atoms with Crippen molar-refractivity contribution in [3.63, 3.8) is 0 Å². The lowest BCUT2D eigenvalue weighted by molar-refractivity contribution is 0.104. The predicted octanol–water partition coefficient (Wildman–Crippen LogP) is 4.88. The third-order valence-electron chi connectivity index (χ3n) is 4.90. The third kappa shape index (κ3) is 2.49. The molecular formula is C23H16O3. The maximum absolute atomic E-state index is 12.6. The van der Waals surface area contributed by atoms with Crippen molar-refractivity contribution < 1.29 is 14.3 Å². The van der Waals surface area contributed by atoms with Gasteiger partial charge in [-0.25, -0.2) is 0 Å². The van der Waals surface area contributed by atoms with Gasteiger partial charge in [-0.2, -0.15) is 0 Å². The fraction of sp³-hybridized carbons (Fsp3) is 0.0870. The Balaban J connectivity index is 1.39. The Morgan fingerprint density at radius 2 is 1.69 bits per heavy atom. The van der Waals surface area contributed by atoms with Crippen LogP contribution in [0, 0.1) is 0 Å². The molecule has 0 spiro atoms. The third-order valence-corrected chi connectivity index (χ3v) is 4.90. The van der Waals surface area contributed by atoms with Crippen molar-refractivity contribution in [3.8, 4) is 22.6 Å². The van der Waals surface area contributed by atoms with E-state index in [-0.39, 0.29) is 12.6 Å². The molecule has 1 aliphatic carbocycles. The van der Waals surface area contributed by atoms with Crippen LogP contribution in [0.1, 0.15) is 27.0 Å². The van der Waals surface area contributed by atoms with Gasteiger partial charge in [0.25, 0.3) is 0 Å². The van der Waals surface area contributed by atoms with Gasteiger partial charge in [0.2, 0.25) is 6.79 Å². The van der Waals surface area contributed by atoms with Crippen LogP contribution < -0.4 is 9.47 Å². The summed E-state index contributed by atoms with van der Waals surface area (Å²) in [6.07, 6.45) is 4.31. The molecular weight excluding hydrogens is 324 g/mol. The summed E-state index contributed by atoms with van der Waals surface area (Å²) in [6.45, 7) is 0.249. The highest BCUT2D eigenvalue weighted by atomic mass is 16.7. The highest BCUT2D eigenvalue weighted by Crippen LogP contribution is 2.37. The number of hydrogen-bond acceptors (Lipinski definition) is 3. The Bertz CT molecular complexity index is 1060. The largest absolute Gasteiger partial charge is 0.454 e. The first-order chi connectivity index (χ1) is 12.8. The lowest BCUT2D eigenvalue weighted by Crippen LogP contribution is -1.95. The maximum Gasteiger partial charge on any atom is 0.231 e. The number of hydrogen-bond donors (Lipinski definition) is 0. The smallest absolute Gasteiger partial charge is 0.231 e. The molecule has 3 aromatic rings. The number of allylic oxidation sites excluding steroid dienone is 1. The van der Waals surface area contributed by atoms with Gasteiger partial charge >= 0.3 is 0 Å². The van der Waals surface area contributed by atoms with Crippen LogP contribution in [0.15, 0.2) is 66.7 Å². The second kappa shape index (κ2) is 5.88. The molecule has 3 aromatic carbocycles. The van der Waals surface area contributed by atoms with Crippen molar-refractivity contribution in [2.75, 3.05) is 6.79 Å². The van der Waals surface area contributed by atoms with Crippen LogP contribution in [0.3, 0.4) is 0 Å². The molecule has 1 heterocycles. The van der Waals surface area contributed by atoms with E-state index < -0.39 is 0 Å². The monoisotopic (exact) mass is 340 g/mol. The highest BCUT2D eigenvalue weighted by Gasteiger charge is 2.19. The summed E-state index contributed by atoms with van der Waals surface area (Å²) in [7, 11) is 0. The Labute approximate surface area is 151 Å². The van der Waals surface area contributed by atoms with Crippen molar-refractivity contribution in [2.45, 2.75) is 6.42 Å². The SMILES string of the molecule is O=C(/C=C/c1ccc2c(c1)OCO2)c1ccc2c(c1)Cc1ccccc1-2. The molecule has 5 rings (SSSR count). The molecule has 3 heteroatoms. The van der Waals surface area contributed by atoms with Crippen LogP contribution in [0.25, 0.3) is 17.2 Å². The molecule has 0 amide bonds. The molecule has 26 heavy (non-hydrogen) atoms. The van der Waals surface area contributed by atoms with E-state index in [0.29, 0.717) is 5.56 Å². The summed E-state index contributed by atoms with van der Waals surface area (Å²) >= 11 is 0. The van der Waals surface area contributed by atoms with Crippen molar-refractivity contribution in [2.24, 2.45) is 0 Å². The molecule has 0 fully saturated rings. The minimum Gasteiger partial charge on any atom is -0.454 e. The number of ether oxygens (including phenoxy) is 2. The summed E-state index contributed by atoms with van der Waals surface area (Å²) in [4.78, 5) is 12.6. The summed E-state index contributed by atoms with van der Waals surface area (Å²) < 4.78 is 10.7. The Hall–Kier alpha value is -3.33. The summed E-state index contributed by atoms with van der Waals surface area (Å²) in [5.74, 6) is 1.46. The standard InChI is InChI=1S/C23H16O3/c24-21(9-5-15-6-10-22-23(11-15)26-14-25-22)17-7-8-20-18(13-17)12-16-3-1-2-4-19(16)20/h1-11,13H,12,14H2/b9-5+. The van der Waals surface area contributed by atoms with Gasteiger partial charge in [0.15, 0.2) is 17.3 Å². The Morgan fingerprint density at radius 3 is 2.65 bits per heavy atom. The van der Waals surface area contributed by atoms with Gasteiger partial charge in [-0.3, -0.25) is 4.79 Å². The zero-order chi connectivity index (χ0) is 17.5. The maximum atomic E-state index is 12.6. The first-order valence-electron chi connectivity index (χ1n) is 8.61. The molecule has 0 bridgehead atoms. The number of benzene rings is 3. The quantitative estimate of drug-likeness (QED) is 0.394. The van der Waals surface area contributed by atoms with Crippen molar-refractivity contribution in [1.82, 2.24) is 0 Å². The summed E-state index contributed by atoms with van der Waals surface area (Å²) in [6, 6.07) is 20.0. The van der Waals surface area contributed by atoms with Gasteiger partial charge in [0.1, 0.15) is 0 Å². The van der Waals surface area contributed by atoms with Crippen molar-refractivity contribution in [1.29, 1.82) is 0 Å². The number of carbonyl (C=O) groups excluding carboxylic acids is 1. The van der Waals surface area contributed by atoms with Crippen LogP contribution in [-0.4, -0.2) is 12.6 Å². The van der Waals surface area contributed by atoms with Crippen molar-refractivity contribution >= 4 is 11.9 Å². The average molecular weight is 340 g/mol. The van der Waals surface area contributed by atoms with Crippen LogP contribution in [0.5, 0.6) is 11.5 Å². The van der Waals surface area contributed by atoms with Crippen LogP contribution >= 0.6 is 0 Å². The minimum absolute atomic E-state index is 0.00132. The zero-order valence-corrected chi connectivity index (χ0v) is 14.1. The molecule has 126 valence electrons. The highest BCUT2D eigenvalue weighted by molar-refractivity contribution is 6.07. The molecule has 0 N–H and O–H groups in total. The summed E-state index contributed by atoms with van der Waals surface area (Å²) in [5.41, 5.74) is 6.68. The van der Waals surface area contributed by atoms with Gasteiger partial charge in [-0.15, -0.1) is 0 Å². The lowest BCUT2D eigenvalue weighted by atomic mass is 10.0. The Kier molecular flexibility index (Phi) is 3.39. The van der Waals surface area contributed by atoms with E-state index >= 15 is 0 Å². The van der Waals surface area contributed by atoms with Gasteiger partial charge in [-0.1, -0.05) is 48.5 Å². The van der Waals surface area contributed by atoms with Gasteiger partial charge in [-0.05, 0) is 58.5 Å². The van der Waals surface area contributed by atoms with Crippen LogP contribution in [-0.2, 0) is 6.42 Å². The topological polar surface area (TPSA) is 35.5 Å². The molecule has 0 saturated carbocycles. The van der Waals surface area contributed by atoms with E-state index in [1.165, 1.54) is 22.3 Å². The van der Waals surface area contributed by atoms with E-state index in [9.17, 15) is 4.79 Å². The van der Waals surface area contributed by atoms with Gasteiger partial charge < -0.3 is 9.47 Å². The number of rotatable bonds is 3. The normalized spacial score (nSPS) is 13.7.